The molecule has 3 heterocycles. The molecule has 118 valence electrons. The van der Waals surface area contributed by atoms with Gasteiger partial charge in [0.05, 0.1) is 17.4 Å². The quantitative estimate of drug-likeness (QED) is 0.852. The van der Waals surface area contributed by atoms with Crippen LogP contribution in [-0.4, -0.2) is 58.1 Å². The van der Waals surface area contributed by atoms with Gasteiger partial charge >= 0.3 is 0 Å². The maximum Gasteiger partial charge on any atom is 0.0961 e. The highest BCUT2D eigenvalue weighted by Gasteiger charge is 2.33. The van der Waals surface area contributed by atoms with E-state index in [1.54, 1.807) is 0 Å². The summed E-state index contributed by atoms with van der Waals surface area (Å²) in [6, 6.07) is 10.5. The van der Waals surface area contributed by atoms with E-state index < -0.39 is 0 Å². The number of likely N-dealkylation sites (N-methyl/N-ethyl adjacent to an activating group) is 1. The number of hydrogen-bond donors (Lipinski definition) is 0. The number of rotatable bonds is 2. The second-order valence-corrected chi connectivity index (χ2v) is 7.11. The standard InChI is InChI=1S/C18H26N4/c1-14-10-16(11-20(14)2)21-9-5-6-15(12-21)22-13-19-17-7-3-4-8-18(17)22/h3-4,7-8,13-16H,5-6,9-12H2,1-2H3. The zero-order valence-corrected chi connectivity index (χ0v) is 13.7. The van der Waals surface area contributed by atoms with E-state index in [9.17, 15) is 0 Å². The average molecular weight is 298 g/mol. The van der Waals surface area contributed by atoms with Gasteiger partial charge in [0.1, 0.15) is 0 Å². The first-order valence-electron chi connectivity index (χ1n) is 8.58. The number of likely N-dealkylation sites (tertiary alicyclic amines) is 2. The average Bonchev–Trinajstić information content (AvgIpc) is 3.12. The van der Waals surface area contributed by atoms with Crippen LogP contribution in [0.5, 0.6) is 0 Å². The van der Waals surface area contributed by atoms with Crippen molar-refractivity contribution in [3.8, 4) is 0 Å². The minimum absolute atomic E-state index is 0.572. The maximum absolute atomic E-state index is 4.58. The normalized spacial score (nSPS) is 31.1. The van der Waals surface area contributed by atoms with Gasteiger partial charge < -0.3 is 9.47 Å². The first kappa shape index (κ1) is 14.2. The molecule has 0 N–H and O–H groups in total. The molecule has 1 aromatic heterocycles. The van der Waals surface area contributed by atoms with Gasteiger partial charge in [0.2, 0.25) is 0 Å². The molecule has 2 fully saturated rings. The van der Waals surface area contributed by atoms with Crippen molar-refractivity contribution in [3.05, 3.63) is 30.6 Å². The van der Waals surface area contributed by atoms with E-state index in [-0.39, 0.29) is 0 Å². The van der Waals surface area contributed by atoms with Crippen LogP contribution in [0.3, 0.4) is 0 Å². The van der Waals surface area contributed by atoms with Gasteiger partial charge in [-0.3, -0.25) is 4.90 Å². The Balaban J connectivity index is 1.54. The van der Waals surface area contributed by atoms with Crippen LogP contribution in [0.25, 0.3) is 11.0 Å². The van der Waals surface area contributed by atoms with Crippen molar-refractivity contribution in [1.29, 1.82) is 0 Å². The second-order valence-electron chi connectivity index (χ2n) is 7.11. The van der Waals surface area contributed by atoms with Gasteiger partial charge in [0.25, 0.3) is 0 Å². The lowest BCUT2D eigenvalue weighted by molar-refractivity contribution is 0.130. The molecule has 4 rings (SSSR count). The number of fused-ring (bicyclic) bond motifs is 1. The summed E-state index contributed by atoms with van der Waals surface area (Å²) in [5.41, 5.74) is 2.40. The van der Waals surface area contributed by atoms with E-state index >= 15 is 0 Å². The molecule has 2 saturated heterocycles. The van der Waals surface area contributed by atoms with Gasteiger partial charge in [-0.15, -0.1) is 0 Å². The van der Waals surface area contributed by atoms with Crippen LogP contribution in [0, 0.1) is 0 Å². The molecule has 0 amide bonds. The fourth-order valence-corrected chi connectivity index (χ4v) is 4.24. The zero-order valence-electron chi connectivity index (χ0n) is 13.7. The largest absolute Gasteiger partial charge is 0.326 e. The SMILES string of the molecule is CC1CC(N2CCCC(n3cnc4ccccc43)C2)CN1C. The monoisotopic (exact) mass is 298 g/mol. The minimum Gasteiger partial charge on any atom is -0.326 e. The number of piperidine rings is 1. The Morgan fingerprint density at radius 2 is 2.00 bits per heavy atom. The molecule has 3 unspecified atom stereocenters. The Bertz CT molecular complexity index is 639. The summed E-state index contributed by atoms with van der Waals surface area (Å²) in [6.45, 7) is 6.00. The predicted molar refractivity (Wildman–Crippen MR) is 90.1 cm³/mol. The molecule has 2 aromatic rings. The topological polar surface area (TPSA) is 24.3 Å². The summed E-state index contributed by atoms with van der Waals surface area (Å²) in [4.78, 5) is 9.80. The number of imidazole rings is 1. The molecule has 22 heavy (non-hydrogen) atoms. The van der Waals surface area contributed by atoms with Crippen molar-refractivity contribution < 1.29 is 0 Å². The van der Waals surface area contributed by atoms with Crippen molar-refractivity contribution >= 4 is 11.0 Å². The van der Waals surface area contributed by atoms with E-state index in [0.29, 0.717) is 6.04 Å². The number of hydrogen-bond acceptors (Lipinski definition) is 3. The Labute approximate surface area is 132 Å². The van der Waals surface area contributed by atoms with Crippen molar-refractivity contribution in [2.24, 2.45) is 0 Å². The Morgan fingerprint density at radius 1 is 1.14 bits per heavy atom. The van der Waals surface area contributed by atoms with Gasteiger partial charge in [-0.25, -0.2) is 4.98 Å². The molecule has 0 radical (unpaired) electrons. The van der Waals surface area contributed by atoms with Crippen LogP contribution in [0.4, 0.5) is 0 Å². The smallest absolute Gasteiger partial charge is 0.0961 e. The molecule has 4 nitrogen and oxygen atoms in total. The van der Waals surface area contributed by atoms with E-state index in [0.717, 1.165) is 17.6 Å². The number of benzene rings is 1. The number of aromatic nitrogens is 2. The van der Waals surface area contributed by atoms with Crippen molar-refractivity contribution in [2.45, 2.75) is 44.3 Å². The highest BCUT2D eigenvalue weighted by molar-refractivity contribution is 5.75. The summed E-state index contributed by atoms with van der Waals surface area (Å²) >= 11 is 0. The van der Waals surface area contributed by atoms with Gasteiger partial charge in [-0.2, -0.15) is 0 Å². The van der Waals surface area contributed by atoms with Crippen LogP contribution in [0.15, 0.2) is 30.6 Å². The van der Waals surface area contributed by atoms with E-state index in [4.69, 9.17) is 0 Å². The van der Waals surface area contributed by atoms with Crippen molar-refractivity contribution in [2.75, 3.05) is 26.7 Å². The molecular weight excluding hydrogens is 272 g/mol. The summed E-state index contributed by atoms with van der Waals surface area (Å²) in [5.74, 6) is 0. The summed E-state index contributed by atoms with van der Waals surface area (Å²) in [6.07, 6.45) is 5.93. The lowest BCUT2D eigenvalue weighted by atomic mass is 10.0. The molecule has 0 bridgehead atoms. The third kappa shape index (κ3) is 2.44. The lowest BCUT2D eigenvalue weighted by Crippen LogP contribution is -2.44. The first-order valence-corrected chi connectivity index (χ1v) is 8.58. The Hall–Kier alpha value is -1.39. The highest BCUT2D eigenvalue weighted by atomic mass is 15.3. The van der Waals surface area contributed by atoms with Crippen LogP contribution >= 0.6 is 0 Å². The number of para-hydroxylation sites is 2. The molecule has 0 aliphatic carbocycles. The van der Waals surface area contributed by atoms with Crippen molar-refractivity contribution in [3.63, 3.8) is 0 Å². The molecule has 0 spiro atoms. The second kappa shape index (κ2) is 5.67. The van der Waals surface area contributed by atoms with E-state index in [1.807, 2.05) is 6.33 Å². The van der Waals surface area contributed by atoms with E-state index in [2.05, 4.69) is 57.6 Å². The van der Waals surface area contributed by atoms with E-state index in [1.165, 1.54) is 44.4 Å². The van der Waals surface area contributed by atoms with Gasteiger partial charge in [0, 0.05) is 31.2 Å². The summed E-state index contributed by atoms with van der Waals surface area (Å²) in [5, 5.41) is 0. The number of nitrogens with zero attached hydrogens (tertiary/aromatic N) is 4. The molecule has 2 aliphatic heterocycles. The van der Waals surface area contributed by atoms with Crippen LogP contribution in [0.2, 0.25) is 0 Å². The van der Waals surface area contributed by atoms with Crippen molar-refractivity contribution in [1.82, 2.24) is 19.4 Å². The Morgan fingerprint density at radius 3 is 2.82 bits per heavy atom. The van der Waals surface area contributed by atoms with Gasteiger partial charge in [-0.05, 0) is 51.9 Å². The first-order chi connectivity index (χ1) is 10.7. The third-order valence-electron chi connectivity index (χ3n) is 5.68. The fourth-order valence-electron chi connectivity index (χ4n) is 4.24. The molecule has 0 saturated carbocycles. The fraction of sp³-hybridized carbons (Fsp3) is 0.611. The van der Waals surface area contributed by atoms with Crippen LogP contribution in [0.1, 0.15) is 32.2 Å². The van der Waals surface area contributed by atoms with Crippen LogP contribution in [-0.2, 0) is 0 Å². The minimum atomic E-state index is 0.572. The Kier molecular flexibility index (Phi) is 3.66. The zero-order chi connectivity index (χ0) is 15.1. The summed E-state index contributed by atoms with van der Waals surface area (Å²) in [7, 11) is 2.26. The highest BCUT2D eigenvalue weighted by Crippen LogP contribution is 2.29. The molecule has 3 atom stereocenters. The molecular formula is C18H26N4. The van der Waals surface area contributed by atoms with Crippen LogP contribution < -0.4 is 0 Å². The summed E-state index contributed by atoms with van der Waals surface area (Å²) < 4.78 is 2.41. The van der Waals surface area contributed by atoms with Gasteiger partial charge in [0.15, 0.2) is 0 Å². The molecule has 4 heteroatoms. The lowest BCUT2D eigenvalue weighted by Gasteiger charge is -2.37. The molecule has 2 aliphatic rings. The van der Waals surface area contributed by atoms with Gasteiger partial charge in [-0.1, -0.05) is 12.1 Å². The third-order valence-corrected chi connectivity index (χ3v) is 5.68. The predicted octanol–water partition coefficient (Wildman–Crippen LogP) is 2.77. The maximum atomic E-state index is 4.58. The molecule has 1 aromatic carbocycles.